The van der Waals surface area contributed by atoms with Crippen LogP contribution in [0.5, 0.6) is 0 Å². The Kier molecular flexibility index (Phi) is 14.5. The number of halogens is 1. The third kappa shape index (κ3) is 10.1. The molecule has 0 radical (unpaired) electrons. The SMILES string of the molecule is CCNC(=NCCCSc1nccs1)NCCSC.I. The van der Waals surface area contributed by atoms with Crippen LogP contribution in [0.4, 0.5) is 0 Å². The van der Waals surface area contributed by atoms with Gasteiger partial charge in [0.15, 0.2) is 5.96 Å². The van der Waals surface area contributed by atoms with Crippen molar-refractivity contribution in [2.24, 2.45) is 4.99 Å². The van der Waals surface area contributed by atoms with Crippen LogP contribution in [0.15, 0.2) is 20.9 Å². The van der Waals surface area contributed by atoms with Crippen molar-refractivity contribution < 1.29 is 0 Å². The number of nitrogens with zero attached hydrogens (tertiary/aromatic N) is 2. The van der Waals surface area contributed by atoms with Crippen molar-refractivity contribution >= 4 is 64.8 Å². The van der Waals surface area contributed by atoms with Gasteiger partial charge in [0.1, 0.15) is 4.34 Å². The van der Waals surface area contributed by atoms with Crippen LogP contribution in [0.1, 0.15) is 13.3 Å². The summed E-state index contributed by atoms with van der Waals surface area (Å²) in [5.41, 5.74) is 0. The van der Waals surface area contributed by atoms with E-state index in [9.17, 15) is 0 Å². The fourth-order valence-corrected chi connectivity index (χ4v) is 3.25. The Bertz CT molecular complexity index is 346. The van der Waals surface area contributed by atoms with Gasteiger partial charge in [-0.1, -0.05) is 11.8 Å². The summed E-state index contributed by atoms with van der Waals surface area (Å²) in [6.07, 6.45) is 5.04. The van der Waals surface area contributed by atoms with Gasteiger partial charge in [-0.3, -0.25) is 4.99 Å². The van der Waals surface area contributed by atoms with Crippen LogP contribution in [0.25, 0.3) is 0 Å². The topological polar surface area (TPSA) is 49.3 Å². The summed E-state index contributed by atoms with van der Waals surface area (Å²) in [6.45, 7) is 4.80. The molecule has 0 saturated carbocycles. The van der Waals surface area contributed by atoms with Crippen molar-refractivity contribution in [1.82, 2.24) is 15.6 Å². The van der Waals surface area contributed by atoms with Crippen molar-refractivity contribution in [3.05, 3.63) is 11.6 Å². The maximum atomic E-state index is 4.56. The van der Waals surface area contributed by atoms with Gasteiger partial charge in [-0.2, -0.15) is 11.8 Å². The predicted molar refractivity (Wildman–Crippen MR) is 105 cm³/mol. The average Bonchev–Trinajstić information content (AvgIpc) is 2.91. The van der Waals surface area contributed by atoms with E-state index in [0.717, 1.165) is 47.9 Å². The summed E-state index contributed by atoms with van der Waals surface area (Å²) in [7, 11) is 0. The standard InChI is InChI=1S/C12H22N4S3.HI/c1-3-13-11(15-6-9-17-2)14-5-4-8-18-12-16-7-10-19-12;/h7,10H,3-6,8-9H2,1-2H3,(H2,13,14,15);1H. The molecule has 1 aromatic rings. The minimum Gasteiger partial charge on any atom is -0.357 e. The molecule has 8 heteroatoms. The molecule has 0 amide bonds. The smallest absolute Gasteiger partial charge is 0.191 e. The number of thioether (sulfide) groups is 2. The van der Waals surface area contributed by atoms with E-state index in [0.29, 0.717) is 0 Å². The zero-order chi connectivity index (χ0) is 13.8. The third-order valence-corrected chi connectivity index (χ3v) is 4.82. The minimum absolute atomic E-state index is 0. The highest BCUT2D eigenvalue weighted by Gasteiger charge is 1.97. The van der Waals surface area contributed by atoms with E-state index in [2.05, 4.69) is 33.8 Å². The van der Waals surface area contributed by atoms with E-state index >= 15 is 0 Å². The molecule has 0 aliphatic heterocycles. The maximum absolute atomic E-state index is 4.56. The van der Waals surface area contributed by atoms with E-state index in [1.54, 1.807) is 11.3 Å². The van der Waals surface area contributed by atoms with Crippen LogP contribution in [0.2, 0.25) is 0 Å². The van der Waals surface area contributed by atoms with E-state index in [4.69, 9.17) is 0 Å². The van der Waals surface area contributed by atoms with Gasteiger partial charge >= 0.3 is 0 Å². The Morgan fingerprint density at radius 1 is 1.40 bits per heavy atom. The molecule has 1 heterocycles. The van der Waals surface area contributed by atoms with Crippen molar-refractivity contribution in [1.29, 1.82) is 0 Å². The number of rotatable bonds is 9. The number of guanidine groups is 1. The Hall–Kier alpha value is 0.330. The summed E-state index contributed by atoms with van der Waals surface area (Å²) < 4.78 is 1.15. The van der Waals surface area contributed by atoms with Crippen molar-refractivity contribution in [2.45, 2.75) is 17.7 Å². The molecule has 0 fully saturated rings. The molecule has 20 heavy (non-hydrogen) atoms. The van der Waals surface area contributed by atoms with Crippen LogP contribution in [-0.4, -0.2) is 48.3 Å². The van der Waals surface area contributed by atoms with Gasteiger partial charge in [0.2, 0.25) is 0 Å². The van der Waals surface area contributed by atoms with E-state index < -0.39 is 0 Å². The number of nitrogens with one attached hydrogen (secondary N) is 2. The van der Waals surface area contributed by atoms with Crippen LogP contribution in [0.3, 0.4) is 0 Å². The number of aliphatic imine (C=N–C) groups is 1. The van der Waals surface area contributed by atoms with Crippen LogP contribution in [-0.2, 0) is 0 Å². The Labute approximate surface area is 151 Å². The number of thiazole rings is 1. The summed E-state index contributed by atoms with van der Waals surface area (Å²) in [5.74, 6) is 3.10. The second kappa shape index (κ2) is 14.3. The molecule has 2 N–H and O–H groups in total. The van der Waals surface area contributed by atoms with Crippen molar-refractivity contribution in [3.8, 4) is 0 Å². The van der Waals surface area contributed by atoms with Gasteiger partial charge in [0, 0.05) is 42.7 Å². The highest BCUT2D eigenvalue weighted by atomic mass is 127. The van der Waals surface area contributed by atoms with Crippen LogP contribution < -0.4 is 10.6 Å². The molecule has 0 spiro atoms. The van der Waals surface area contributed by atoms with Gasteiger partial charge < -0.3 is 10.6 Å². The lowest BCUT2D eigenvalue weighted by Gasteiger charge is -2.10. The molecule has 116 valence electrons. The largest absolute Gasteiger partial charge is 0.357 e. The highest BCUT2D eigenvalue weighted by molar-refractivity contribution is 14.0. The molecule has 1 aromatic heterocycles. The first-order chi connectivity index (χ1) is 9.36. The third-order valence-electron chi connectivity index (χ3n) is 2.15. The minimum atomic E-state index is 0. The number of hydrogen-bond acceptors (Lipinski definition) is 5. The van der Waals surface area contributed by atoms with Crippen LogP contribution >= 0.6 is 58.8 Å². The average molecular weight is 446 g/mol. The first-order valence-electron chi connectivity index (χ1n) is 6.40. The van der Waals surface area contributed by atoms with Gasteiger partial charge in [-0.15, -0.1) is 35.3 Å². The van der Waals surface area contributed by atoms with Gasteiger partial charge in [-0.05, 0) is 19.6 Å². The second-order valence-electron chi connectivity index (χ2n) is 3.68. The fraction of sp³-hybridized carbons (Fsp3) is 0.667. The van der Waals surface area contributed by atoms with Gasteiger partial charge in [0.25, 0.3) is 0 Å². The molecule has 0 unspecified atom stereocenters. The first kappa shape index (κ1) is 20.3. The monoisotopic (exact) mass is 446 g/mol. The molecule has 1 rings (SSSR count). The Morgan fingerprint density at radius 3 is 2.90 bits per heavy atom. The Morgan fingerprint density at radius 2 is 2.25 bits per heavy atom. The molecular weight excluding hydrogens is 423 g/mol. The molecular formula is C12H23IN4S3. The quantitative estimate of drug-likeness (QED) is 0.201. The summed E-state index contributed by atoms with van der Waals surface area (Å²) in [6, 6.07) is 0. The molecule has 0 aromatic carbocycles. The lowest BCUT2D eigenvalue weighted by molar-refractivity contribution is 0.832. The predicted octanol–water partition coefficient (Wildman–Crippen LogP) is 3.16. The second-order valence-corrected chi connectivity index (χ2v) is 6.90. The lowest BCUT2D eigenvalue weighted by atomic mass is 10.5. The highest BCUT2D eigenvalue weighted by Crippen LogP contribution is 2.20. The maximum Gasteiger partial charge on any atom is 0.191 e. The van der Waals surface area contributed by atoms with Crippen molar-refractivity contribution in [3.63, 3.8) is 0 Å². The normalized spacial score (nSPS) is 11.0. The summed E-state index contributed by atoms with van der Waals surface area (Å²) >= 11 is 5.34. The van der Waals surface area contributed by atoms with Gasteiger partial charge in [-0.25, -0.2) is 4.98 Å². The molecule has 0 bridgehead atoms. The summed E-state index contributed by atoms with van der Waals surface area (Å²) in [5, 5.41) is 8.60. The zero-order valence-corrected chi connectivity index (χ0v) is 16.7. The van der Waals surface area contributed by atoms with E-state index in [1.807, 2.05) is 35.1 Å². The van der Waals surface area contributed by atoms with E-state index in [-0.39, 0.29) is 24.0 Å². The molecule has 0 saturated heterocycles. The lowest BCUT2D eigenvalue weighted by Crippen LogP contribution is -2.38. The summed E-state index contributed by atoms with van der Waals surface area (Å²) in [4.78, 5) is 8.81. The number of hydrogen-bond donors (Lipinski definition) is 2. The molecule has 4 nitrogen and oxygen atoms in total. The molecule has 0 atom stereocenters. The van der Waals surface area contributed by atoms with Crippen molar-refractivity contribution in [2.75, 3.05) is 37.4 Å². The first-order valence-corrected chi connectivity index (χ1v) is 9.66. The molecule has 0 aliphatic carbocycles. The Balaban J connectivity index is 0.00000361. The molecule has 0 aliphatic rings. The fourth-order valence-electron chi connectivity index (χ4n) is 1.31. The van der Waals surface area contributed by atoms with E-state index in [1.165, 1.54) is 0 Å². The number of aromatic nitrogens is 1. The van der Waals surface area contributed by atoms with Crippen LogP contribution in [0, 0.1) is 0 Å². The van der Waals surface area contributed by atoms with Gasteiger partial charge in [0.05, 0.1) is 0 Å². The zero-order valence-electron chi connectivity index (χ0n) is 11.9.